The molecule has 0 aliphatic carbocycles. The molecule has 20 heavy (non-hydrogen) atoms. The van der Waals surface area contributed by atoms with Gasteiger partial charge in [0.05, 0.1) is 17.7 Å². The maximum absolute atomic E-state index is 10.9. The average molecular weight is 271 g/mol. The van der Waals surface area contributed by atoms with Crippen LogP contribution in [0.1, 0.15) is 24.1 Å². The first-order valence-corrected chi connectivity index (χ1v) is 5.95. The molecule has 0 saturated carbocycles. The van der Waals surface area contributed by atoms with Crippen LogP contribution in [0.25, 0.3) is 0 Å². The number of nitrogens with zero attached hydrogens (tertiary/aromatic N) is 4. The number of imidazole rings is 1. The summed E-state index contributed by atoms with van der Waals surface area (Å²) in [6, 6.07) is 8.97. The highest BCUT2D eigenvalue weighted by Crippen LogP contribution is 2.26. The topological polar surface area (TPSA) is 96.8 Å². The number of aryl methyl sites for hydroxylation is 1. The number of hydrogen-bond acceptors (Lipinski definition) is 5. The lowest BCUT2D eigenvalue weighted by Gasteiger charge is -2.15. The van der Waals surface area contributed by atoms with Crippen molar-refractivity contribution in [2.75, 3.05) is 5.32 Å². The van der Waals surface area contributed by atoms with E-state index in [-0.39, 0.29) is 11.9 Å². The van der Waals surface area contributed by atoms with Crippen LogP contribution in [0, 0.1) is 21.4 Å². The number of hydrogen-bond donors (Lipinski definition) is 1. The summed E-state index contributed by atoms with van der Waals surface area (Å²) in [6.45, 7) is 1.89. The molecule has 1 atom stereocenters. The van der Waals surface area contributed by atoms with Crippen LogP contribution in [0.2, 0.25) is 0 Å². The van der Waals surface area contributed by atoms with Crippen molar-refractivity contribution in [3.05, 3.63) is 51.8 Å². The van der Waals surface area contributed by atoms with Gasteiger partial charge in [0, 0.05) is 7.05 Å². The molecule has 1 aromatic heterocycles. The van der Waals surface area contributed by atoms with Crippen LogP contribution in [0.15, 0.2) is 30.6 Å². The summed E-state index contributed by atoms with van der Waals surface area (Å²) in [5, 5.41) is 22.7. The molecule has 0 fully saturated rings. The zero-order chi connectivity index (χ0) is 14.7. The molecule has 0 aliphatic rings. The minimum absolute atomic E-state index is 0.142. The van der Waals surface area contributed by atoms with Gasteiger partial charge < -0.3 is 15.4 Å². The first kappa shape index (κ1) is 13.5. The molecule has 0 aliphatic heterocycles. The van der Waals surface area contributed by atoms with Crippen LogP contribution in [0.5, 0.6) is 0 Å². The summed E-state index contributed by atoms with van der Waals surface area (Å²) in [4.78, 5) is 14.1. The summed E-state index contributed by atoms with van der Waals surface area (Å²) in [6.07, 6.45) is 1.39. The van der Waals surface area contributed by atoms with Gasteiger partial charge in [-0.2, -0.15) is 5.26 Å². The van der Waals surface area contributed by atoms with E-state index in [9.17, 15) is 10.1 Å². The SMILES string of the molecule is C[C@H](Nc1c([N+](=O)[O-])ncn1C)c1ccc(C#N)cc1. The molecule has 0 unspecified atom stereocenters. The molecule has 7 nitrogen and oxygen atoms in total. The van der Waals surface area contributed by atoms with Crippen molar-refractivity contribution in [3.8, 4) is 6.07 Å². The largest absolute Gasteiger partial charge is 0.406 e. The number of aromatic nitrogens is 2. The van der Waals surface area contributed by atoms with Gasteiger partial charge in [0.25, 0.3) is 0 Å². The maximum Gasteiger partial charge on any atom is 0.406 e. The van der Waals surface area contributed by atoms with Gasteiger partial charge in [-0.05, 0) is 34.5 Å². The van der Waals surface area contributed by atoms with Gasteiger partial charge in [-0.1, -0.05) is 12.1 Å². The molecule has 2 aromatic rings. The minimum atomic E-state index is -0.520. The number of nitro groups is 1. The van der Waals surface area contributed by atoms with Crippen LogP contribution < -0.4 is 5.32 Å². The highest BCUT2D eigenvalue weighted by Gasteiger charge is 2.21. The van der Waals surface area contributed by atoms with Crippen molar-refractivity contribution in [2.24, 2.45) is 7.05 Å². The Morgan fingerprint density at radius 2 is 2.10 bits per heavy atom. The van der Waals surface area contributed by atoms with E-state index in [0.717, 1.165) is 5.56 Å². The number of benzene rings is 1. The van der Waals surface area contributed by atoms with E-state index in [1.54, 1.807) is 23.7 Å². The number of rotatable bonds is 4. The zero-order valence-electron chi connectivity index (χ0n) is 11.1. The van der Waals surface area contributed by atoms with Crippen molar-refractivity contribution in [1.29, 1.82) is 5.26 Å². The number of nitrogens with one attached hydrogen (secondary N) is 1. The van der Waals surface area contributed by atoms with E-state index < -0.39 is 4.92 Å². The quantitative estimate of drug-likeness (QED) is 0.680. The van der Waals surface area contributed by atoms with Crippen LogP contribution in [-0.4, -0.2) is 14.5 Å². The second-order valence-electron chi connectivity index (χ2n) is 4.38. The van der Waals surface area contributed by atoms with E-state index in [1.807, 2.05) is 25.1 Å². The Morgan fingerprint density at radius 1 is 1.45 bits per heavy atom. The predicted octanol–water partition coefficient (Wildman–Crippen LogP) is 2.37. The van der Waals surface area contributed by atoms with Crippen molar-refractivity contribution in [1.82, 2.24) is 9.55 Å². The molecule has 0 spiro atoms. The molecule has 2 rings (SSSR count). The Balaban J connectivity index is 2.23. The predicted molar refractivity (Wildman–Crippen MR) is 73.1 cm³/mol. The second kappa shape index (κ2) is 5.40. The lowest BCUT2D eigenvalue weighted by molar-refractivity contribution is -0.388. The maximum atomic E-state index is 10.9. The fraction of sp³-hybridized carbons (Fsp3) is 0.231. The summed E-state index contributed by atoms with van der Waals surface area (Å²) in [5.74, 6) is 0.153. The smallest absolute Gasteiger partial charge is 0.358 e. The second-order valence-corrected chi connectivity index (χ2v) is 4.38. The molecule has 7 heteroatoms. The van der Waals surface area contributed by atoms with Crippen molar-refractivity contribution >= 4 is 11.6 Å². The standard InChI is InChI=1S/C13H13N5O2/c1-9(11-5-3-10(7-14)4-6-11)16-13-12(18(19)20)15-8-17(13)2/h3-6,8-9,16H,1-2H3/t9-/m0/s1. The molecule has 1 heterocycles. The van der Waals surface area contributed by atoms with Crippen molar-refractivity contribution < 1.29 is 4.92 Å². The van der Waals surface area contributed by atoms with Crippen LogP contribution in [0.3, 0.4) is 0 Å². The van der Waals surface area contributed by atoms with E-state index in [4.69, 9.17) is 5.26 Å². The van der Waals surface area contributed by atoms with E-state index >= 15 is 0 Å². The Hall–Kier alpha value is -2.88. The fourth-order valence-corrected chi connectivity index (χ4v) is 1.85. The van der Waals surface area contributed by atoms with Gasteiger partial charge in [0.15, 0.2) is 0 Å². The van der Waals surface area contributed by atoms with E-state index in [1.165, 1.54) is 6.33 Å². The molecule has 102 valence electrons. The van der Waals surface area contributed by atoms with Gasteiger partial charge in [0.2, 0.25) is 12.1 Å². The molecule has 0 bridgehead atoms. The highest BCUT2D eigenvalue weighted by molar-refractivity contribution is 5.53. The van der Waals surface area contributed by atoms with Gasteiger partial charge >= 0.3 is 5.82 Å². The third-order valence-corrected chi connectivity index (χ3v) is 2.98. The first-order valence-electron chi connectivity index (χ1n) is 5.95. The molecule has 0 amide bonds. The average Bonchev–Trinajstić information content (AvgIpc) is 2.80. The lowest BCUT2D eigenvalue weighted by atomic mass is 10.1. The first-order chi connectivity index (χ1) is 9.52. The normalized spacial score (nSPS) is 11.7. The van der Waals surface area contributed by atoms with Gasteiger partial charge in [-0.3, -0.25) is 4.57 Å². The molecule has 0 saturated heterocycles. The van der Waals surface area contributed by atoms with Crippen LogP contribution in [-0.2, 0) is 7.05 Å². The number of anilines is 1. The van der Waals surface area contributed by atoms with Gasteiger partial charge in [-0.25, -0.2) is 0 Å². The minimum Gasteiger partial charge on any atom is -0.358 e. The van der Waals surface area contributed by atoms with E-state index in [2.05, 4.69) is 10.3 Å². The Bertz CT molecular complexity index is 669. The Kier molecular flexibility index (Phi) is 3.66. The lowest BCUT2D eigenvalue weighted by Crippen LogP contribution is -2.10. The molecule has 1 aromatic carbocycles. The fourth-order valence-electron chi connectivity index (χ4n) is 1.85. The third kappa shape index (κ3) is 2.59. The summed E-state index contributed by atoms with van der Waals surface area (Å²) in [7, 11) is 1.69. The van der Waals surface area contributed by atoms with Crippen molar-refractivity contribution in [2.45, 2.75) is 13.0 Å². The van der Waals surface area contributed by atoms with Gasteiger partial charge in [0.1, 0.15) is 0 Å². The molecule has 1 N–H and O–H groups in total. The summed E-state index contributed by atoms with van der Waals surface area (Å²) < 4.78 is 1.57. The monoisotopic (exact) mass is 271 g/mol. The van der Waals surface area contributed by atoms with Gasteiger partial charge in [-0.15, -0.1) is 0 Å². The van der Waals surface area contributed by atoms with Crippen LogP contribution in [0.4, 0.5) is 11.6 Å². The zero-order valence-corrected chi connectivity index (χ0v) is 11.1. The van der Waals surface area contributed by atoms with Crippen LogP contribution >= 0.6 is 0 Å². The molecular weight excluding hydrogens is 258 g/mol. The number of nitriles is 1. The third-order valence-electron chi connectivity index (χ3n) is 2.98. The highest BCUT2D eigenvalue weighted by atomic mass is 16.6. The molecule has 0 radical (unpaired) electrons. The Morgan fingerprint density at radius 3 is 2.65 bits per heavy atom. The summed E-state index contributed by atoms with van der Waals surface area (Å²) >= 11 is 0. The van der Waals surface area contributed by atoms with E-state index in [0.29, 0.717) is 11.4 Å². The molecular formula is C13H13N5O2. The Labute approximate surface area is 115 Å². The summed E-state index contributed by atoms with van der Waals surface area (Å²) in [5.41, 5.74) is 1.51. The van der Waals surface area contributed by atoms with Crippen molar-refractivity contribution in [3.63, 3.8) is 0 Å².